The normalized spacial score (nSPS) is 16.9. The minimum atomic E-state index is -0.541. The van der Waals surface area contributed by atoms with Gasteiger partial charge in [-0.25, -0.2) is 4.98 Å². The summed E-state index contributed by atoms with van der Waals surface area (Å²) < 4.78 is 5.45. The van der Waals surface area contributed by atoms with Crippen molar-refractivity contribution in [2.45, 2.75) is 12.8 Å². The third kappa shape index (κ3) is 2.05. The first-order valence-corrected chi connectivity index (χ1v) is 6.39. The number of aryl methyl sites for hydroxylation is 1. The number of nitriles is 1. The first-order chi connectivity index (χ1) is 10.1. The van der Waals surface area contributed by atoms with E-state index >= 15 is 0 Å². The highest BCUT2D eigenvalue weighted by molar-refractivity contribution is 5.54. The van der Waals surface area contributed by atoms with E-state index < -0.39 is 5.92 Å². The molecule has 104 valence electrons. The van der Waals surface area contributed by atoms with Crippen molar-refractivity contribution in [1.29, 1.82) is 5.26 Å². The second-order valence-corrected chi connectivity index (χ2v) is 4.82. The molecule has 4 N–H and O–H groups in total. The first kappa shape index (κ1) is 12.9. The molecule has 21 heavy (non-hydrogen) atoms. The summed E-state index contributed by atoms with van der Waals surface area (Å²) in [5.74, 6) is -0.119. The topological polar surface area (TPSA) is 106 Å². The smallest absolute Gasteiger partial charge is 0.256 e. The van der Waals surface area contributed by atoms with Crippen LogP contribution in [0.1, 0.15) is 22.7 Å². The van der Waals surface area contributed by atoms with Gasteiger partial charge < -0.3 is 15.5 Å². The Hall–Kier alpha value is -3.07. The largest absolute Gasteiger partial charge is 0.440 e. The van der Waals surface area contributed by atoms with E-state index in [0.29, 0.717) is 17.0 Å². The lowest BCUT2D eigenvalue weighted by Crippen LogP contribution is -2.28. The van der Waals surface area contributed by atoms with Gasteiger partial charge in [0.05, 0.1) is 11.5 Å². The number of nitrogens with zero attached hydrogens (tertiary/aromatic N) is 1. The Morgan fingerprint density at radius 3 is 3.00 bits per heavy atom. The molecule has 6 heteroatoms. The number of rotatable bonds is 1. The van der Waals surface area contributed by atoms with Crippen molar-refractivity contribution in [1.82, 2.24) is 4.98 Å². The molecule has 0 spiro atoms. The number of hydrogen-bond donors (Lipinski definition) is 2. The highest BCUT2D eigenvalue weighted by atomic mass is 16.5. The van der Waals surface area contributed by atoms with Gasteiger partial charge in [-0.15, -0.1) is 0 Å². The van der Waals surface area contributed by atoms with Crippen LogP contribution in [0.3, 0.4) is 0 Å². The Balaban J connectivity index is 2.32. The fraction of sp³-hybridized carbons (Fsp3) is 0.133. The predicted octanol–water partition coefficient (Wildman–Crippen LogP) is 0.716. The summed E-state index contributed by atoms with van der Waals surface area (Å²) in [6.45, 7) is 1.76. The van der Waals surface area contributed by atoms with Crippen LogP contribution < -0.4 is 21.0 Å². The van der Waals surface area contributed by atoms with E-state index in [-0.39, 0.29) is 17.0 Å². The molecule has 0 fully saturated rings. The van der Waals surface area contributed by atoms with Crippen LogP contribution in [0.5, 0.6) is 5.75 Å². The predicted molar refractivity (Wildman–Crippen MR) is 74.1 cm³/mol. The lowest BCUT2D eigenvalue weighted by molar-refractivity contribution is -0.378. The average molecular weight is 281 g/mol. The molecule has 0 aromatic carbocycles. The van der Waals surface area contributed by atoms with Gasteiger partial charge in [-0.3, -0.25) is 4.79 Å². The van der Waals surface area contributed by atoms with E-state index in [9.17, 15) is 10.1 Å². The second-order valence-electron chi connectivity index (χ2n) is 4.82. The number of hydrogen-bond acceptors (Lipinski definition) is 4. The van der Waals surface area contributed by atoms with E-state index in [1.54, 1.807) is 31.5 Å². The van der Waals surface area contributed by atoms with Crippen molar-refractivity contribution < 1.29 is 9.72 Å². The maximum Gasteiger partial charge on any atom is 0.256 e. The van der Waals surface area contributed by atoms with Crippen LogP contribution in [-0.2, 0) is 0 Å². The summed E-state index contributed by atoms with van der Waals surface area (Å²) in [6, 6.07) is 7.39. The van der Waals surface area contributed by atoms with Gasteiger partial charge in [-0.1, -0.05) is 0 Å². The molecule has 2 aromatic heterocycles. The summed E-state index contributed by atoms with van der Waals surface area (Å²) in [7, 11) is 0. The molecule has 1 unspecified atom stereocenters. The van der Waals surface area contributed by atoms with Crippen molar-refractivity contribution in [3.63, 3.8) is 0 Å². The van der Waals surface area contributed by atoms with Crippen molar-refractivity contribution in [2.24, 2.45) is 5.73 Å². The Kier molecular flexibility index (Phi) is 2.95. The summed E-state index contributed by atoms with van der Waals surface area (Å²) in [6.07, 6.45) is 3.49. The molecule has 1 aliphatic heterocycles. The zero-order chi connectivity index (χ0) is 15.0. The van der Waals surface area contributed by atoms with Gasteiger partial charge in [0.1, 0.15) is 17.4 Å². The molecule has 1 aliphatic rings. The molecule has 3 rings (SSSR count). The number of allylic oxidation sites excluding steroid dienone is 1. The van der Waals surface area contributed by atoms with E-state index in [4.69, 9.17) is 10.5 Å². The van der Waals surface area contributed by atoms with Gasteiger partial charge in [0, 0.05) is 23.4 Å². The summed E-state index contributed by atoms with van der Waals surface area (Å²) in [4.78, 5) is 18.0. The van der Waals surface area contributed by atoms with Gasteiger partial charge in [0.2, 0.25) is 5.88 Å². The lowest BCUT2D eigenvalue weighted by Gasteiger charge is -2.24. The highest BCUT2D eigenvalue weighted by Crippen LogP contribution is 2.39. The minimum absolute atomic E-state index is 0.0313. The molecule has 0 bridgehead atoms. The SMILES string of the molecule is Cc1cc2c(c(=O)[nH]1)C(c1ccc[nH+]c1)C(C#N)=C(N)O2. The molecule has 0 amide bonds. The summed E-state index contributed by atoms with van der Waals surface area (Å²) in [5.41, 5.74) is 7.64. The third-order valence-electron chi connectivity index (χ3n) is 3.42. The number of nitrogens with two attached hydrogens (primary N) is 1. The van der Waals surface area contributed by atoms with Gasteiger partial charge in [-0.05, 0) is 13.0 Å². The molecule has 1 atom stereocenters. The lowest BCUT2D eigenvalue weighted by atomic mass is 9.85. The van der Waals surface area contributed by atoms with Gasteiger partial charge in [0.25, 0.3) is 5.56 Å². The van der Waals surface area contributed by atoms with E-state index in [1.807, 2.05) is 12.1 Å². The molecule has 0 radical (unpaired) electrons. The van der Waals surface area contributed by atoms with E-state index in [0.717, 1.165) is 5.56 Å². The average Bonchev–Trinajstić information content (AvgIpc) is 2.46. The van der Waals surface area contributed by atoms with Crippen molar-refractivity contribution in [2.75, 3.05) is 0 Å². The Morgan fingerprint density at radius 2 is 2.33 bits per heavy atom. The highest BCUT2D eigenvalue weighted by Gasteiger charge is 2.34. The molecular weight excluding hydrogens is 268 g/mol. The van der Waals surface area contributed by atoms with Crippen LogP contribution in [0.15, 0.2) is 46.8 Å². The molecular formula is C15H13N4O2+. The monoisotopic (exact) mass is 281 g/mol. The number of ether oxygens (including phenoxy) is 1. The fourth-order valence-electron chi connectivity index (χ4n) is 2.53. The van der Waals surface area contributed by atoms with Gasteiger partial charge in [-0.2, -0.15) is 5.26 Å². The number of aromatic amines is 2. The summed E-state index contributed by atoms with van der Waals surface area (Å²) in [5, 5.41) is 9.37. The molecule has 2 aromatic rings. The van der Waals surface area contributed by atoms with Crippen LogP contribution in [0.2, 0.25) is 0 Å². The molecule has 0 saturated heterocycles. The van der Waals surface area contributed by atoms with Crippen LogP contribution in [0, 0.1) is 18.3 Å². The van der Waals surface area contributed by atoms with Crippen LogP contribution in [-0.4, -0.2) is 4.98 Å². The van der Waals surface area contributed by atoms with Gasteiger partial charge >= 0.3 is 0 Å². The minimum Gasteiger partial charge on any atom is -0.440 e. The van der Waals surface area contributed by atoms with Gasteiger partial charge in [0.15, 0.2) is 12.4 Å². The van der Waals surface area contributed by atoms with E-state index in [1.165, 1.54) is 0 Å². The van der Waals surface area contributed by atoms with Crippen LogP contribution in [0.25, 0.3) is 0 Å². The molecule has 3 heterocycles. The number of aromatic nitrogens is 2. The number of H-pyrrole nitrogens is 2. The number of fused-ring (bicyclic) bond motifs is 1. The quantitative estimate of drug-likeness (QED) is 0.803. The standard InChI is InChI=1S/C15H12N4O2/c1-8-5-11-13(15(20)19-8)12(9-3-2-4-18-7-9)10(6-16)14(17)21-11/h2-5,7,12H,17H2,1H3,(H,19,20)/p+1. The van der Waals surface area contributed by atoms with Crippen molar-refractivity contribution >= 4 is 0 Å². The van der Waals surface area contributed by atoms with Crippen molar-refractivity contribution in [3.05, 3.63) is 69.2 Å². The maximum absolute atomic E-state index is 12.3. The van der Waals surface area contributed by atoms with E-state index in [2.05, 4.69) is 9.97 Å². The summed E-state index contributed by atoms with van der Waals surface area (Å²) >= 11 is 0. The molecule has 0 saturated carbocycles. The van der Waals surface area contributed by atoms with Crippen molar-refractivity contribution in [3.8, 4) is 11.8 Å². The number of nitrogens with one attached hydrogen (secondary N) is 2. The van der Waals surface area contributed by atoms with Crippen LogP contribution in [0.4, 0.5) is 0 Å². The third-order valence-corrected chi connectivity index (χ3v) is 3.42. The number of pyridine rings is 2. The maximum atomic E-state index is 12.3. The Bertz CT molecular complexity index is 831. The zero-order valence-electron chi connectivity index (χ0n) is 11.3. The fourth-order valence-corrected chi connectivity index (χ4v) is 2.53. The zero-order valence-corrected chi connectivity index (χ0v) is 11.3. The molecule has 6 nitrogen and oxygen atoms in total. The Labute approximate surface area is 120 Å². The second kappa shape index (κ2) is 4.80. The Morgan fingerprint density at radius 1 is 1.52 bits per heavy atom. The van der Waals surface area contributed by atoms with Crippen LogP contribution >= 0.6 is 0 Å². The first-order valence-electron chi connectivity index (χ1n) is 6.39. The molecule has 0 aliphatic carbocycles.